The fourth-order valence-electron chi connectivity index (χ4n) is 1.99. The van der Waals surface area contributed by atoms with Crippen molar-refractivity contribution in [1.29, 1.82) is 0 Å². The zero-order chi connectivity index (χ0) is 16.4. The Morgan fingerprint density at radius 1 is 1.22 bits per heavy atom. The van der Waals surface area contributed by atoms with Crippen molar-refractivity contribution in [2.75, 3.05) is 0 Å². The second kappa shape index (κ2) is 6.70. The first-order valence-electron chi connectivity index (χ1n) is 6.72. The van der Waals surface area contributed by atoms with Crippen LogP contribution in [0.2, 0.25) is 5.02 Å². The molecule has 0 spiro atoms. The van der Waals surface area contributed by atoms with Gasteiger partial charge in [0, 0.05) is 17.0 Å². The Morgan fingerprint density at radius 3 is 2.70 bits per heavy atom. The smallest absolute Gasteiger partial charge is 0.241 e. The van der Waals surface area contributed by atoms with E-state index >= 15 is 0 Å². The molecule has 120 valence electrons. The maximum atomic E-state index is 12.2. The predicted molar refractivity (Wildman–Crippen MR) is 95.6 cm³/mol. The summed E-state index contributed by atoms with van der Waals surface area (Å²) in [5.74, 6) is 0. The van der Waals surface area contributed by atoms with Crippen molar-refractivity contribution in [2.45, 2.75) is 17.7 Å². The minimum Gasteiger partial charge on any atom is -0.241 e. The molecule has 2 aromatic heterocycles. The van der Waals surface area contributed by atoms with E-state index < -0.39 is 10.0 Å². The maximum absolute atomic E-state index is 12.2. The topological polar surface area (TPSA) is 59.1 Å². The number of halogens is 1. The Labute approximate surface area is 147 Å². The largest absolute Gasteiger partial charge is 0.250 e. The summed E-state index contributed by atoms with van der Waals surface area (Å²) in [5.41, 5.74) is 1.66. The Balaban J connectivity index is 1.81. The van der Waals surface area contributed by atoms with Crippen molar-refractivity contribution in [3.63, 3.8) is 0 Å². The summed E-state index contributed by atoms with van der Waals surface area (Å²) in [5, 5.41) is 3.16. The number of nitrogens with one attached hydrogen (secondary N) is 1. The first-order valence-corrected chi connectivity index (χ1v) is 10.3. The van der Waals surface area contributed by atoms with Crippen LogP contribution in [0, 0.1) is 6.92 Å². The molecule has 1 aromatic carbocycles. The average molecular weight is 385 g/mol. The van der Waals surface area contributed by atoms with Gasteiger partial charge in [0.1, 0.15) is 9.22 Å². The van der Waals surface area contributed by atoms with E-state index in [-0.39, 0.29) is 6.54 Å². The van der Waals surface area contributed by atoms with Crippen LogP contribution in [0.1, 0.15) is 10.6 Å². The highest BCUT2D eigenvalue weighted by molar-refractivity contribution is 7.91. The first-order chi connectivity index (χ1) is 11.0. The molecule has 3 aromatic rings. The standard InChI is InChI=1S/C15H13ClN2O2S3/c1-10-13(9-17-23(19,20)14-7-4-8-21-14)22-15(18-10)11-5-2-3-6-12(11)16/h2-8,17H,9H2,1H3. The number of hydrogen-bond donors (Lipinski definition) is 1. The molecular weight excluding hydrogens is 372 g/mol. The molecule has 0 saturated carbocycles. The van der Waals surface area contributed by atoms with Crippen LogP contribution in [-0.4, -0.2) is 13.4 Å². The van der Waals surface area contributed by atoms with E-state index in [4.69, 9.17) is 11.6 Å². The molecule has 0 fully saturated rings. The van der Waals surface area contributed by atoms with Crippen LogP contribution in [0.25, 0.3) is 10.6 Å². The van der Waals surface area contributed by atoms with Crippen LogP contribution in [0.5, 0.6) is 0 Å². The number of aryl methyl sites for hydroxylation is 1. The number of thiophene rings is 1. The molecule has 0 bridgehead atoms. The molecule has 0 aliphatic carbocycles. The summed E-state index contributed by atoms with van der Waals surface area (Å²) in [4.78, 5) is 5.38. The second-order valence-electron chi connectivity index (χ2n) is 4.76. The Bertz CT molecular complexity index is 918. The lowest BCUT2D eigenvalue weighted by atomic mass is 10.2. The summed E-state index contributed by atoms with van der Waals surface area (Å²) in [7, 11) is -3.47. The number of rotatable bonds is 5. The van der Waals surface area contributed by atoms with E-state index in [1.54, 1.807) is 17.5 Å². The summed E-state index contributed by atoms with van der Waals surface area (Å²) in [6.45, 7) is 2.08. The van der Waals surface area contributed by atoms with Crippen LogP contribution in [0.15, 0.2) is 46.0 Å². The molecule has 0 saturated heterocycles. The van der Waals surface area contributed by atoms with Gasteiger partial charge in [0.05, 0.1) is 10.7 Å². The Hall–Kier alpha value is -1.25. The maximum Gasteiger partial charge on any atom is 0.250 e. The van der Waals surface area contributed by atoms with E-state index in [0.29, 0.717) is 9.23 Å². The van der Waals surface area contributed by atoms with Gasteiger partial charge in [-0.2, -0.15) is 0 Å². The minimum atomic E-state index is -3.47. The van der Waals surface area contributed by atoms with Crippen LogP contribution in [-0.2, 0) is 16.6 Å². The molecule has 0 atom stereocenters. The molecule has 8 heteroatoms. The van der Waals surface area contributed by atoms with Crippen molar-refractivity contribution in [2.24, 2.45) is 0 Å². The highest BCUT2D eigenvalue weighted by atomic mass is 35.5. The van der Waals surface area contributed by atoms with Gasteiger partial charge in [-0.25, -0.2) is 18.1 Å². The molecule has 0 unspecified atom stereocenters. The van der Waals surface area contributed by atoms with Gasteiger partial charge in [-0.15, -0.1) is 22.7 Å². The predicted octanol–water partition coefficient (Wildman–Crippen LogP) is 4.31. The van der Waals surface area contributed by atoms with Gasteiger partial charge in [0.25, 0.3) is 0 Å². The Morgan fingerprint density at radius 2 is 2.00 bits per heavy atom. The number of thiazole rings is 1. The fraction of sp³-hybridized carbons (Fsp3) is 0.133. The molecule has 23 heavy (non-hydrogen) atoms. The highest BCUT2D eigenvalue weighted by Crippen LogP contribution is 2.32. The van der Waals surface area contributed by atoms with Crippen molar-refractivity contribution in [3.05, 3.63) is 57.4 Å². The van der Waals surface area contributed by atoms with E-state index in [2.05, 4.69) is 9.71 Å². The van der Waals surface area contributed by atoms with Crippen molar-refractivity contribution >= 4 is 44.3 Å². The van der Waals surface area contributed by atoms with Crippen LogP contribution in [0.4, 0.5) is 0 Å². The molecule has 2 heterocycles. The van der Waals surface area contributed by atoms with Gasteiger partial charge < -0.3 is 0 Å². The number of hydrogen-bond acceptors (Lipinski definition) is 5. The third-order valence-electron chi connectivity index (χ3n) is 3.18. The van der Waals surface area contributed by atoms with E-state index in [9.17, 15) is 8.42 Å². The quantitative estimate of drug-likeness (QED) is 0.712. The van der Waals surface area contributed by atoms with Crippen LogP contribution in [0.3, 0.4) is 0 Å². The molecule has 0 aliphatic heterocycles. The number of benzene rings is 1. The third-order valence-corrected chi connectivity index (χ3v) is 7.50. The summed E-state index contributed by atoms with van der Waals surface area (Å²) < 4.78 is 27.3. The zero-order valence-electron chi connectivity index (χ0n) is 12.1. The number of sulfonamides is 1. The van der Waals surface area contributed by atoms with Gasteiger partial charge in [0.2, 0.25) is 10.0 Å². The number of aromatic nitrogens is 1. The molecular formula is C15H13ClN2O2S3. The van der Waals surface area contributed by atoms with E-state index in [0.717, 1.165) is 21.1 Å². The van der Waals surface area contributed by atoms with Gasteiger partial charge in [-0.05, 0) is 24.4 Å². The first kappa shape index (κ1) is 16.6. The monoisotopic (exact) mass is 384 g/mol. The van der Waals surface area contributed by atoms with Crippen LogP contribution < -0.4 is 4.72 Å². The van der Waals surface area contributed by atoms with Gasteiger partial charge in [0.15, 0.2) is 0 Å². The highest BCUT2D eigenvalue weighted by Gasteiger charge is 2.17. The fourth-order valence-corrected chi connectivity index (χ4v) is 5.44. The number of nitrogens with zero attached hydrogens (tertiary/aromatic N) is 1. The molecule has 4 nitrogen and oxygen atoms in total. The lowest BCUT2D eigenvalue weighted by Gasteiger charge is -2.03. The molecule has 0 aliphatic rings. The van der Waals surface area contributed by atoms with Crippen LogP contribution >= 0.6 is 34.3 Å². The average Bonchev–Trinajstić information content (AvgIpc) is 3.16. The lowest BCUT2D eigenvalue weighted by molar-refractivity contribution is 0.584. The van der Waals surface area contributed by atoms with Gasteiger partial charge >= 0.3 is 0 Å². The molecule has 0 amide bonds. The zero-order valence-corrected chi connectivity index (χ0v) is 15.3. The van der Waals surface area contributed by atoms with Crippen molar-refractivity contribution in [3.8, 4) is 10.6 Å². The molecule has 0 radical (unpaired) electrons. The van der Waals surface area contributed by atoms with E-state index in [1.807, 2.05) is 31.2 Å². The summed E-state index contributed by atoms with van der Waals surface area (Å²) in [6.07, 6.45) is 0. The van der Waals surface area contributed by atoms with E-state index in [1.165, 1.54) is 22.7 Å². The lowest BCUT2D eigenvalue weighted by Crippen LogP contribution is -2.22. The van der Waals surface area contributed by atoms with Gasteiger partial charge in [-0.3, -0.25) is 0 Å². The molecule has 1 N–H and O–H groups in total. The Kier molecular flexibility index (Phi) is 4.84. The normalized spacial score (nSPS) is 11.7. The molecule has 3 rings (SSSR count). The van der Waals surface area contributed by atoms with Crippen molar-refractivity contribution in [1.82, 2.24) is 9.71 Å². The summed E-state index contributed by atoms with van der Waals surface area (Å²) in [6, 6.07) is 10.8. The SMILES string of the molecule is Cc1nc(-c2ccccc2Cl)sc1CNS(=O)(=O)c1cccs1. The minimum absolute atomic E-state index is 0.216. The van der Waals surface area contributed by atoms with Gasteiger partial charge in [-0.1, -0.05) is 35.9 Å². The third kappa shape index (κ3) is 3.64. The summed E-state index contributed by atoms with van der Waals surface area (Å²) >= 11 is 8.83. The van der Waals surface area contributed by atoms with Crippen molar-refractivity contribution < 1.29 is 8.42 Å². The second-order valence-corrected chi connectivity index (χ2v) is 9.20.